The normalized spacial score (nSPS) is 10.5. The van der Waals surface area contributed by atoms with E-state index in [2.05, 4.69) is 15.8 Å². The highest BCUT2D eigenvalue weighted by Gasteiger charge is 2.10. The standard InChI is InChI=1S/C16H16ClN3O4/c1-23-13-9-10(8-11(17)15(13)24-2)5-6-14(21)19-20-16(22)12-4-3-7-18-12/h3-9,18H,1-2H3,(H,19,21)(H,20,22)/b6-5+. The molecule has 8 heteroatoms. The predicted molar refractivity (Wildman–Crippen MR) is 90.0 cm³/mol. The molecular formula is C16H16ClN3O4. The molecule has 0 aliphatic carbocycles. The van der Waals surface area contributed by atoms with Gasteiger partial charge in [-0.15, -0.1) is 0 Å². The minimum absolute atomic E-state index is 0.339. The van der Waals surface area contributed by atoms with Crippen molar-refractivity contribution in [1.82, 2.24) is 15.8 Å². The quantitative estimate of drug-likeness (QED) is 0.569. The zero-order valence-electron chi connectivity index (χ0n) is 13.1. The van der Waals surface area contributed by atoms with Crippen LogP contribution in [0.2, 0.25) is 5.02 Å². The lowest BCUT2D eigenvalue weighted by atomic mass is 10.2. The Kier molecular flexibility index (Phi) is 5.86. The molecule has 0 fully saturated rings. The second-order valence-corrected chi connectivity index (χ2v) is 5.01. The molecule has 7 nitrogen and oxygen atoms in total. The van der Waals surface area contributed by atoms with Gasteiger partial charge < -0.3 is 14.5 Å². The summed E-state index contributed by atoms with van der Waals surface area (Å²) < 4.78 is 10.3. The van der Waals surface area contributed by atoms with Gasteiger partial charge in [0.2, 0.25) is 0 Å². The van der Waals surface area contributed by atoms with E-state index >= 15 is 0 Å². The van der Waals surface area contributed by atoms with Crippen molar-refractivity contribution in [3.05, 3.63) is 52.8 Å². The number of ether oxygens (including phenoxy) is 2. The lowest BCUT2D eigenvalue weighted by Crippen LogP contribution is -2.40. The number of amides is 2. The SMILES string of the molecule is COc1cc(/C=C/C(=O)NNC(=O)c2ccc[nH]2)cc(Cl)c1OC. The molecule has 2 amide bonds. The Hall–Kier alpha value is -2.93. The average Bonchev–Trinajstić information content (AvgIpc) is 3.11. The van der Waals surface area contributed by atoms with Crippen molar-refractivity contribution in [3.8, 4) is 11.5 Å². The third-order valence-corrected chi connectivity index (χ3v) is 3.31. The van der Waals surface area contributed by atoms with Gasteiger partial charge in [-0.3, -0.25) is 20.4 Å². The molecule has 1 aromatic carbocycles. The van der Waals surface area contributed by atoms with Crippen LogP contribution >= 0.6 is 11.6 Å². The molecule has 0 aliphatic heterocycles. The van der Waals surface area contributed by atoms with E-state index in [1.807, 2.05) is 0 Å². The number of hydrazine groups is 1. The fourth-order valence-electron chi connectivity index (χ4n) is 1.90. The maximum Gasteiger partial charge on any atom is 0.286 e. The molecule has 3 N–H and O–H groups in total. The minimum Gasteiger partial charge on any atom is -0.493 e. The van der Waals surface area contributed by atoms with Gasteiger partial charge in [0.15, 0.2) is 11.5 Å². The number of H-pyrrole nitrogens is 1. The molecule has 0 radical (unpaired) electrons. The molecule has 0 unspecified atom stereocenters. The van der Waals surface area contributed by atoms with Crippen molar-refractivity contribution in [3.63, 3.8) is 0 Å². The molecule has 0 saturated heterocycles. The van der Waals surface area contributed by atoms with Crippen molar-refractivity contribution in [2.75, 3.05) is 14.2 Å². The van der Waals surface area contributed by atoms with Crippen LogP contribution in [0.5, 0.6) is 11.5 Å². The number of carbonyl (C=O) groups is 2. The third kappa shape index (κ3) is 4.30. The highest BCUT2D eigenvalue weighted by atomic mass is 35.5. The second-order valence-electron chi connectivity index (χ2n) is 4.60. The van der Waals surface area contributed by atoms with Crippen LogP contribution in [0.15, 0.2) is 36.5 Å². The van der Waals surface area contributed by atoms with Crippen LogP contribution in [0, 0.1) is 0 Å². The number of benzene rings is 1. The number of aromatic nitrogens is 1. The van der Waals surface area contributed by atoms with E-state index in [4.69, 9.17) is 21.1 Å². The third-order valence-electron chi connectivity index (χ3n) is 3.02. The van der Waals surface area contributed by atoms with Gasteiger partial charge in [-0.05, 0) is 35.9 Å². The number of aromatic amines is 1. The number of nitrogens with one attached hydrogen (secondary N) is 3. The van der Waals surface area contributed by atoms with Crippen molar-refractivity contribution < 1.29 is 19.1 Å². The van der Waals surface area contributed by atoms with Crippen molar-refractivity contribution in [2.45, 2.75) is 0 Å². The summed E-state index contributed by atoms with van der Waals surface area (Å²) in [5.41, 5.74) is 5.54. The lowest BCUT2D eigenvalue weighted by Gasteiger charge is -2.10. The number of halogens is 1. The molecule has 0 saturated carbocycles. The summed E-state index contributed by atoms with van der Waals surface area (Å²) in [6.07, 6.45) is 4.40. The summed E-state index contributed by atoms with van der Waals surface area (Å²) >= 11 is 6.09. The summed E-state index contributed by atoms with van der Waals surface area (Å²) in [7, 11) is 2.98. The summed E-state index contributed by atoms with van der Waals surface area (Å²) in [6, 6.07) is 6.57. The predicted octanol–water partition coefficient (Wildman–Crippen LogP) is 2.16. The van der Waals surface area contributed by atoms with Gasteiger partial charge in [-0.2, -0.15) is 0 Å². The first-order valence-electron chi connectivity index (χ1n) is 6.88. The minimum atomic E-state index is -0.499. The fourth-order valence-corrected chi connectivity index (χ4v) is 2.20. The summed E-state index contributed by atoms with van der Waals surface area (Å²) in [5, 5.41) is 0.358. The molecule has 24 heavy (non-hydrogen) atoms. The van der Waals surface area contributed by atoms with Gasteiger partial charge in [0, 0.05) is 12.3 Å². The van der Waals surface area contributed by atoms with E-state index in [-0.39, 0.29) is 0 Å². The van der Waals surface area contributed by atoms with Crippen LogP contribution in [0.25, 0.3) is 6.08 Å². The van der Waals surface area contributed by atoms with Gasteiger partial charge >= 0.3 is 0 Å². The number of carbonyl (C=O) groups excluding carboxylic acids is 2. The highest BCUT2D eigenvalue weighted by molar-refractivity contribution is 6.32. The Morgan fingerprint density at radius 2 is 2.00 bits per heavy atom. The Morgan fingerprint density at radius 1 is 1.21 bits per heavy atom. The molecule has 1 heterocycles. The largest absolute Gasteiger partial charge is 0.493 e. The monoisotopic (exact) mass is 349 g/mol. The molecule has 0 spiro atoms. The van der Waals surface area contributed by atoms with Gasteiger partial charge in [0.1, 0.15) is 5.69 Å². The maximum atomic E-state index is 11.7. The van der Waals surface area contributed by atoms with Gasteiger partial charge in [-0.25, -0.2) is 0 Å². The second kappa shape index (κ2) is 8.07. The topological polar surface area (TPSA) is 92.5 Å². The first-order chi connectivity index (χ1) is 11.5. The first-order valence-corrected chi connectivity index (χ1v) is 7.26. The molecular weight excluding hydrogens is 334 g/mol. The Morgan fingerprint density at radius 3 is 2.62 bits per heavy atom. The van der Waals surface area contributed by atoms with E-state index in [9.17, 15) is 9.59 Å². The molecule has 0 aliphatic rings. The van der Waals surface area contributed by atoms with Gasteiger partial charge in [-0.1, -0.05) is 11.6 Å². The maximum absolute atomic E-state index is 11.7. The number of methoxy groups -OCH3 is 2. The smallest absolute Gasteiger partial charge is 0.286 e. The average molecular weight is 350 g/mol. The Bertz CT molecular complexity index is 757. The molecule has 2 aromatic rings. The Labute approximate surface area is 143 Å². The van der Waals surface area contributed by atoms with Crippen LogP contribution in [0.1, 0.15) is 16.1 Å². The molecule has 0 atom stereocenters. The van der Waals surface area contributed by atoms with Crippen molar-refractivity contribution >= 4 is 29.5 Å². The Balaban J connectivity index is 1.98. The summed E-state index contributed by atoms with van der Waals surface area (Å²) in [6.45, 7) is 0. The summed E-state index contributed by atoms with van der Waals surface area (Å²) in [5.74, 6) is -0.0826. The van der Waals surface area contributed by atoms with E-state index in [1.165, 1.54) is 26.4 Å². The molecule has 1 aromatic heterocycles. The van der Waals surface area contributed by atoms with Crippen LogP contribution < -0.4 is 20.3 Å². The van der Waals surface area contributed by atoms with Crippen molar-refractivity contribution in [2.24, 2.45) is 0 Å². The lowest BCUT2D eigenvalue weighted by molar-refractivity contribution is -0.117. The van der Waals surface area contributed by atoms with Crippen LogP contribution in [0.4, 0.5) is 0 Å². The van der Waals surface area contributed by atoms with E-state index in [0.717, 1.165) is 0 Å². The number of hydrogen-bond donors (Lipinski definition) is 3. The van der Waals surface area contributed by atoms with Crippen molar-refractivity contribution in [1.29, 1.82) is 0 Å². The highest BCUT2D eigenvalue weighted by Crippen LogP contribution is 2.36. The zero-order chi connectivity index (χ0) is 17.5. The van der Waals surface area contributed by atoms with Crippen LogP contribution in [0.3, 0.4) is 0 Å². The molecule has 126 valence electrons. The number of rotatable bonds is 5. The summed E-state index contributed by atoms with van der Waals surface area (Å²) in [4.78, 5) is 26.1. The number of hydrogen-bond acceptors (Lipinski definition) is 4. The zero-order valence-corrected chi connectivity index (χ0v) is 13.8. The van der Waals surface area contributed by atoms with E-state index in [1.54, 1.807) is 30.5 Å². The first kappa shape index (κ1) is 17.4. The molecule has 2 rings (SSSR count). The van der Waals surface area contributed by atoms with E-state index < -0.39 is 11.8 Å². The fraction of sp³-hybridized carbons (Fsp3) is 0.125. The van der Waals surface area contributed by atoms with Crippen LogP contribution in [-0.4, -0.2) is 31.0 Å². The van der Waals surface area contributed by atoms with Gasteiger partial charge in [0.25, 0.3) is 11.8 Å². The van der Waals surface area contributed by atoms with E-state index in [0.29, 0.717) is 27.8 Å². The van der Waals surface area contributed by atoms with Gasteiger partial charge in [0.05, 0.1) is 19.2 Å². The van der Waals surface area contributed by atoms with Crippen LogP contribution in [-0.2, 0) is 4.79 Å². The molecule has 0 bridgehead atoms.